The van der Waals surface area contributed by atoms with E-state index in [0.717, 1.165) is 5.56 Å². The Kier molecular flexibility index (Phi) is 5.08. The summed E-state index contributed by atoms with van der Waals surface area (Å²) in [6.07, 6.45) is 1.47. The molecule has 0 spiro atoms. The molecule has 26 heavy (non-hydrogen) atoms. The van der Waals surface area contributed by atoms with Crippen LogP contribution < -0.4 is 11.2 Å². The number of hydrogen-bond acceptors (Lipinski definition) is 3. The van der Waals surface area contributed by atoms with Crippen LogP contribution in [0.2, 0.25) is 5.02 Å². The summed E-state index contributed by atoms with van der Waals surface area (Å²) in [5.41, 5.74) is 7.04. The van der Waals surface area contributed by atoms with Gasteiger partial charge in [0, 0.05) is 28.7 Å². The summed E-state index contributed by atoms with van der Waals surface area (Å²) in [4.78, 5) is 24.3. The second kappa shape index (κ2) is 7.44. The van der Waals surface area contributed by atoms with E-state index in [1.165, 1.54) is 6.20 Å². The molecule has 0 fully saturated rings. The van der Waals surface area contributed by atoms with Crippen molar-refractivity contribution in [2.24, 2.45) is 5.73 Å². The zero-order chi connectivity index (χ0) is 18.7. The summed E-state index contributed by atoms with van der Waals surface area (Å²) in [6, 6.07) is 12.4. The van der Waals surface area contributed by atoms with Crippen LogP contribution in [0.1, 0.15) is 21.5 Å². The third-order valence-electron chi connectivity index (χ3n) is 3.92. The fraction of sp³-hybridized carbons (Fsp3) is 0.100. The Morgan fingerprint density at radius 2 is 1.92 bits per heavy atom. The van der Waals surface area contributed by atoms with Crippen molar-refractivity contribution in [1.82, 2.24) is 4.57 Å². The minimum atomic E-state index is -0.784. The van der Waals surface area contributed by atoms with E-state index in [-0.39, 0.29) is 12.2 Å². The molecule has 3 aromatic rings. The number of carbonyl (C=O) groups is 1. The average molecular weight is 367 g/mol. The highest BCUT2D eigenvalue weighted by atomic mass is 35.5. The lowest BCUT2D eigenvalue weighted by molar-refractivity contribution is 0.0999. The first-order valence-electron chi connectivity index (χ1n) is 7.81. The number of aromatic nitrogens is 1. The molecule has 130 valence electrons. The first-order chi connectivity index (χ1) is 12.5. The van der Waals surface area contributed by atoms with Gasteiger partial charge in [-0.15, -0.1) is 0 Å². The number of primary amides is 1. The fourth-order valence-electron chi connectivity index (χ4n) is 2.71. The number of pyridine rings is 1. The van der Waals surface area contributed by atoms with E-state index in [1.807, 2.05) is 12.1 Å². The summed E-state index contributed by atoms with van der Waals surface area (Å²) in [6.45, 7) is 0.163. The molecule has 0 bridgehead atoms. The van der Waals surface area contributed by atoms with E-state index < -0.39 is 11.3 Å². The fourth-order valence-corrected chi connectivity index (χ4v) is 2.84. The number of amides is 1. The summed E-state index contributed by atoms with van der Waals surface area (Å²) < 4.78 is 1.79. The topological polar surface area (TPSA) is 85.3 Å². The second-order valence-electron chi connectivity index (χ2n) is 5.68. The molecular weight excluding hydrogens is 352 g/mol. The molecule has 0 unspecified atom stereocenters. The van der Waals surface area contributed by atoms with Crippen LogP contribution in [0.15, 0.2) is 53.5 Å². The van der Waals surface area contributed by atoms with Crippen LogP contribution in [0, 0.1) is 11.8 Å². The number of hydrogen-bond donors (Lipinski definition) is 2. The normalized spacial score (nSPS) is 10.4. The zero-order valence-corrected chi connectivity index (χ0v) is 14.5. The minimum Gasteiger partial charge on any atom is -0.384 e. The Morgan fingerprint density at radius 3 is 2.58 bits per heavy atom. The number of aliphatic hydroxyl groups excluding tert-OH is 1. The molecule has 0 radical (unpaired) electrons. The van der Waals surface area contributed by atoms with Crippen molar-refractivity contribution < 1.29 is 9.90 Å². The van der Waals surface area contributed by atoms with Gasteiger partial charge in [0.15, 0.2) is 0 Å². The van der Waals surface area contributed by atoms with Crippen molar-refractivity contribution in [1.29, 1.82) is 0 Å². The quantitative estimate of drug-likeness (QED) is 0.696. The van der Waals surface area contributed by atoms with Crippen molar-refractivity contribution in [3.8, 4) is 11.8 Å². The van der Waals surface area contributed by atoms with Gasteiger partial charge < -0.3 is 15.4 Å². The monoisotopic (exact) mass is 366 g/mol. The Balaban J connectivity index is 2.20. The molecule has 5 nitrogen and oxygen atoms in total. The maximum absolute atomic E-state index is 12.6. The molecule has 3 rings (SSSR count). The van der Waals surface area contributed by atoms with Gasteiger partial charge in [-0.1, -0.05) is 35.6 Å². The van der Waals surface area contributed by atoms with Crippen LogP contribution >= 0.6 is 11.6 Å². The summed E-state index contributed by atoms with van der Waals surface area (Å²) in [5.74, 6) is 4.51. The zero-order valence-electron chi connectivity index (χ0n) is 13.7. The van der Waals surface area contributed by atoms with Crippen molar-refractivity contribution in [3.63, 3.8) is 0 Å². The predicted molar refractivity (Wildman–Crippen MR) is 101 cm³/mol. The maximum Gasteiger partial charge on any atom is 0.254 e. The Hall–Kier alpha value is -3.07. The lowest BCUT2D eigenvalue weighted by atomic mass is 10.1. The van der Waals surface area contributed by atoms with Gasteiger partial charge in [-0.05, 0) is 35.9 Å². The summed E-state index contributed by atoms with van der Waals surface area (Å²) in [7, 11) is 0. The highest BCUT2D eigenvalue weighted by Crippen LogP contribution is 2.17. The van der Waals surface area contributed by atoms with Crippen LogP contribution in [0.4, 0.5) is 0 Å². The van der Waals surface area contributed by atoms with E-state index in [2.05, 4.69) is 11.8 Å². The van der Waals surface area contributed by atoms with Gasteiger partial charge in [0.25, 0.3) is 5.91 Å². The van der Waals surface area contributed by atoms with Crippen LogP contribution in [0.3, 0.4) is 0 Å². The van der Waals surface area contributed by atoms with Gasteiger partial charge in [-0.2, -0.15) is 0 Å². The van der Waals surface area contributed by atoms with Crippen LogP contribution in [0.5, 0.6) is 0 Å². The molecule has 1 aromatic heterocycles. The lowest BCUT2D eigenvalue weighted by Crippen LogP contribution is -2.24. The SMILES string of the molecule is NC(=O)c1cn(Cc2ccc(Cl)cc2)c2ccc(C#CCO)cc2c1=O. The summed E-state index contributed by atoms with van der Waals surface area (Å²) >= 11 is 5.92. The standard InChI is InChI=1S/C20H15ClN2O3/c21-15-6-3-14(4-7-15)11-23-12-17(20(22)26)19(25)16-10-13(2-1-9-24)5-8-18(16)23/h3-8,10,12,24H,9,11H2,(H2,22,26). The third kappa shape index (κ3) is 3.62. The van der Waals surface area contributed by atoms with E-state index in [9.17, 15) is 9.59 Å². The van der Waals surface area contributed by atoms with Gasteiger partial charge in [-0.3, -0.25) is 9.59 Å². The van der Waals surface area contributed by atoms with Gasteiger partial charge in [0.05, 0.1) is 5.52 Å². The Morgan fingerprint density at radius 1 is 1.19 bits per heavy atom. The van der Waals surface area contributed by atoms with E-state index >= 15 is 0 Å². The van der Waals surface area contributed by atoms with Gasteiger partial charge in [-0.25, -0.2) is 0 Å². The van der Waals surface area contributed by atoms with Crippen molar-refractivity contribution >= 4 is 28.4 Å². The third-order valence-corrected chi connectivity index (χ3v) is 4.18. The molecule has 3 N–H and O–H groups in total. The number of aliphatic hydroxyl groups is 1. The van der Waals surface area contributed by atoms with E-state index in [0.29, 0.717) is 28.0 Å². The smallest absolute Gasteiger partial charge is 0.254 e. The number of carbonyl (C=O) groups excluding carboxylic acids is 1. The van der Waals surface area contributed by atoms with Gasteiger partial charge in [0.2, 0.25) is 5.43 Å². The lowest BCUT2D eigenvalue weighted by Gasteiger charge is -2.13. The molecule has 0 saturated carbocycles. The highest BCUT2D eigenvalue weighted by molar-refractivity contribution is 6.30. The van der Waals surface area contributed by atoms with E-state index in [4.69, 9.17) is 22.4 Å². The second-order valence-corrected chi connectivity index (χ2v) is 6.12. The van der Waals surface area contributed by atoms with Crippen molar-refractivity contribution in [2.75, 3.05) is 6.61 Å². The molecule has 0 saturated heterocycles. The number of benzene rings is 2. The van der Waals surface area contributed by atoms with E-state index in [1.54, 1.807) is 34.9 Å². The Labute approximate surface area is 154 Å². The van der Waals surface area contributed by atoms with Gasteiger partial charge >= 0.3 is 0 Å². The highest BCUT2D eigenvalue weighted by Gasteiger charge is 2.13. The first-order valence-corrected chi connectivity index (χ1v) is 8.18. The molecule has 0 aliphatic heterocycles. The number of halogens is 1. The largest absolute Gasteiger partial charge is 0.384 e. The molecule has 2 aromatic carbocycles. The first kappa shape index (κ1) is 17.7. The maximum atomic E-state index is 12.6. The molecule has 0 aliphatic carbocycles. The predicted octanol–water partition coefficient (Wildman–Crippen LogP) is 2.15. The number of fused-ring (bicyclic) bond motifs is 1. The number of nitrogens with zero attached hydrogens (tertiary/aromatic N) is 1. The molecule has 1 amide bonds. The molecule has 1 heterocycles. The molecule has 0 atom stereocenters. The van der Waals surface area contributed by atoms with Gasteiger partial charge in [0.1, 0.15) is 12.2 Å². The Bertz CT molecular complexity index is 1110. The molecular formula is C20H15ClN2O3. The van der Waals surface area contributed by atoms with Crippen LogP contribution in [-0.4, -0.2) is 22.2 Å². The number of nitrogens with two attached hydrogens (primary N) is 1. The average Bonchev–Trinajstić information content (AvgIpc) is 2.63. The number of rotatable bonds is 3. The minimum absolute atomic E-state index is 0.0845. The van der Waals surface area contributed by atoms with Crippen LogP contribution in [0.25, 0.3) is 10.9 Å². The molecule has 6 heteroatoms. The van der Waals surface area contributed by atoms with Crippen molar-refractivity contribution in [3.05, 3.63) is 80.6 Å². The summed E-state index contributed by atoms with van der Waals surface area (Å²) in [5, 5.41) is 9.81. The van der Waals surface area contributed by atoms with Crippen molar-refractivity contribution in [2.45, 2.75) is 6.54 Å². The molecule has 0 aliphatic rings. The van der Waals surface area contributed by atoms with Crippen LogP contribution in [-0.2, 0) is 6.54 Å².